The Balaban J connectivity index is 1.94. The molecule has 2 heterocycles. The van der Waals surface area contributed by atoms with E-state index >= 15 is 0 Å². The summed E-state index contributed by atoms with van der Waals surface area (Å²) in [5.74, 6) is 0.749. The summed E-state index contributed by atoms with van der Waals surface area (Å²) in [6.45, 7) is 4.15. The second kappa shape index (κ2) is 5.61. The summed E-state index contributed by atoms with van der Waals surface area (Å²) in [6, 6.07) is 14.1. The molecule has 6 heteroatoms. The van der Waals surface area contributed by atoms with Gasteiger partial charge in [0.1, 0.15) is 0 Å². The Labute approximate surface area is 149 Å². The van der Waals surface area contributed by atoms with E-state index in [0.29, 0.717) is 9.79 Å². The molecule has 0 amide bonds. The van der Waals surface area contributed by atoms with E-state index in [0.717, 1.165) is 33.7 Å². The minimum Gasteiger partial charge on any atom is -0.352 e. The maximum atomic E-state index is 6.08. The van der Waals surface area contributed by atoms with Crippen LogP contribution in [0.25, 0.3) is 28.1 Å². The number of fused-ring (bicyclic) bond motifs is 1. The van der Waals surface area contributed by atoms with Crippen LogP contribution < -0.4 is 0 Å². The third-order valence-corrected chi connectivity index (χ3v) is 4.60. The SMILES string of the molecule is Cc1ccc(-n2c(-c3cc4cc(Cl)ccc4[nH]3)n[nH]c2=S)c(C)c1. The number of hydrogen-bond donors (Lipinski definition) is 2. The van der Waals surface area contributed by atoms with E-state index in [1.807, 2.05) is 28.8 Å². The Morgan fingerprint density at radius 1 is 1.08 bits per heavy atom. The monoisotopic (exact) mass is 354 g/mol. The van der Waals surface area contributed by atoms with Gasteiger partial charge in [-0.2, -0.15) is 5.10 Å². The van der Waals surface area contributed by atoms with E-state index in [2.05, 4.69) is 47.2 Å². The van der Waals surface area contributed by atoms with Gasteiger partial charge in [0.25, 0.3) is 0 Å². The Morgan fingerprint density at radius 3 is 2.71 bits per heavy atom. The van der Waals surface area contributed by atoms with Crippen molar-refractivity contribution in [3.63, 3.8) is 0 Å². The van der Waals surface area contributed by atoms with Gasteiger partial charge in [-0.05, 0) is 62.0 Å². The molecular weight excluding hydrogens is 340 g/mol. The lowest BCUT2D eigenvalue weighted by Gasteiger charge is -2.10. The molecule has 0 unspecified atom stereocenters. The maximum absolute atomic E-state index is 6.08. The van der Waals surface area contributed by atoms with Crippen LogP contribution in [0.1, 0.15) is 11.1 Å². The van der Waals surface area contributed by atoms with Gasteiger partial charge in [-0.15, -0.1) is 0 Å². The molecule has 0 saturated carbocycles. The molecule has 0 aliphatic heterocycles. The summed E-state index contributed by atoms with van der Waals surface area (Å²) in [6.07, 6.45) is 0. The van der Waals surface area contributed by atoms with Crippen LogP contribution in [-0.4, -0.2) is 19.7 Å². The zero-order valence-corrected chi connectivity index (χ0v) is 14.8. The lowest BCUT2D eigenvalue weighted by molar-refractivity contribution is 1.02. The number of aryl methyl sites for hydroxylation is 2. The van der Waals surface area contributed by atoms with Crippen molar-refractivity contribution < 1.29 is 0 Å². The Hall–Kier alpha value is -2.37. The van der Waals surface area contributed by atoms with Crippen molar-refractivity contribution in [2.45, 2.75) is 13.8 Å². The van der Waals surface area contributed by atoms with Crippen LogP contribution in [0, 0.1) is 18.6 Å². The molecule has 0 radical (unpaired) electrons. The fourth-order valence-electron chi connectivity index (χ4n) is 2.98. The zero-order chi connectivity index (χ0) is 16.8. The summed E-state index contributed by atoms with van der Waals surface area (Å²) >= 11 is 11.5. The zero-order valence-electron chi connectivity index (χ0n) is 13.2. The predicted molar refractivity (Wildman–Crippen MR) is 101 cm³/mol. The lowest BCUT2D eigenvalue weighted by atomic mass is 10.1. The van der Waals surface area contributed by atoms with Crippen molar-refractivity contribution in [3.8, 4) is 17.2 Å². The highest BCUT2D eigenvalue weighted by Crippen LogP contribution is 2.28. The number of nitrogens with one attached hydrogen (secondary N) is 2. The summed E-state index contributed by atoms with van der Waals surface area (Å²) in [5.41, 5.74) is 5.28. The minimum atomic E-state index is 0.564. The van der Waals surface area contributed by atoms with Gasteiger partial charge in [0, 0.05) is 15.9 Å². The van der Waals surface area contributed by atoms with Crippen molar-refractivity contribution in [1.29, 1.82) is 0 Å². The number of hydrogen-bond acceptors (Lipinski definition) is 2. The van der Waals surface area contributed by atoms with Crippen molar-refractivity contribution in [3.05, 3.63) is 63.4 Å². The Morgan fingerprint density at radius 2 is 1.92 bits per heavy atom. The number of rotatable bonds is 2. The first kappa shape index (κ1) is 15.2. The quantitative estimate of drug-likeness (QED) is 0.477. The molecule has 4 aromatic rings. The van der Waals surface area contributed by atoms with Crippen molar-refractivity contribution in [1.82, 2.24) is 19.7 Å². The second-order valence-electron chi connectivity index (χ2n) is 5.89. The van der Waals surface area contributed by atoms with Gasteiger partial charge in [0.2, 0.25) is 0 Å². The highest BCUT2D eigenvalue weighted by molar-refractivity contribution is 7.71. The molecule has 0 aliphatic carbocycles. The van der Waals surface area contributed by atoms with E-state index in [9.17, 15) is 0 Å². The van der Waals surface area contributed by atoms with Crippen LogP contribution in [0.5, 0.6) is 0 Å². The Kier molecular flexibility index (Phi) is 3.55. The number of nitrogens with zero attached hydrogens (tertiary/aromatic N) is 2. The topological polar surface area (TPSA) is 49.4 Å². The molecule has 2 aromatic heterocycles. The highest BCUT2D eigenvalue weighted by atomic mass is 35.5. The molecule has 0 aliphatic rings. The molecule has 0 saturated heterocycles. The van der Waals surface area contributed by atoms with Gasteiger partial charge in [-0.1, -0.05) is 29.3 Å². The van der Waals surface area contributed by atoms with E-state index < -0.39 is 0 Å². The molecule has 0 bridgehead atoms. The van der Waals surface area contributed by atoms with Gasteiger partial charge in [-0.3, -0.25) is 9.67 Å². The smallest absolute Gasteiger partial charge is 0.200 e. The Bertz CT molecular complexity index is 1120. The van der Waals surface area contributed by atoms with Crippen LogP contribution in [0.15, 0.2) is 42.5 Å². The molecule has 0 spiro atoms. The molecule has 4 rings (SSSR count). The van der Waals surface area contributed by atoms with Crippen molar-refractivity contribution >= 4 is 34.7 Å². The van der Waals surface area contributed by atoms with Gasteiger partial charge < -0.3 is 4.98 Å². The van der Waals surface area contributed by atoms with Gasteiger partial charge in [0.05, 0.1) is 11.4 Å². The summed E-state index contributed by atoms with van der Waals surface area (Å²) in [7, 11) is 0. The van der Waals surface area contributed by atoms with Crippen molar-refractivity contribution in [2.24, 2.45) is 0 Å². The fraction of sp³-hybridized carbons (Fsp3) is 0.111. The van der Waals surface area contributed by atoms with Gasteiger partial charge >= 0.3 is 0 Å². The van der Waals surface area contributed by atoms with Gasteiger partial charge in [-0.25, -0.2) is 0 Å². The highest BCUT2D eigenvalue weighted by Gasteiger charge is 2.14. The first-order valence-corrected chi connectivity index (χ1v) is 8.35. The standard InChI is InChI=1S/C18H15ClN4S/c1-10-3-6-16(11(2)7-10)23-17(21-22-18(23)24)15-9-12-8-13(19)4-5-14(12)20-15/h3-9,20H,1-2H3,(H,22,24). The van der Waals surface area contributed by atoms with Crippen LogP contribution >= 0.6 is 23.8 Å². The normalized spacial score (nSPS) is 11.3. The fourth-order valence-corrected chi connectivity index (χ4v) is 3.39. The average molecular weight is 355 g/mol. The minimum absolute atomic E-state index is 0.564. The van der Waals surface area contributed by atoms with Gasteiger partial charge in [0.15, 0.2) is 10.6 Å². The summed E-state index contributed by atoms with van der Waals surface area (Å²) < 4.78 is 2.52. The molecule has 0 atom stereocenters. The first-order chi connectivity index (χ1) is 11.5. The van der Waals surface area contributed by atoms with Crippen molar-refractivity contribution in [2.75, 3.05) is 0 Å². The number of aromatic nitrogens is 4. The number of benzene rings is 2. The van der Waals surface area contributed by atoms with E-state index in [1.165, 1.54) is 5.56 Å². The number of halogens is 1. The summed E-state index contributed by atoms with van der Waals surface area (Å²) in [4.78, 5) is 3.39. The molecule has 24 heavy (non-hydrogen) atoms. The first-order valence-electron chi connectivity index (χ1n) is 7.56. The molecule has 4 nitrogen and oxygen atoms in total. The largest absolute Gasteiger partial charge is 0.352 e. The van der Waals surface area contributed by atoms with E-state index in [1.54, 1.807) is 0 Å². The average Bonchev–Trinajstić information content (AvgIpc) is 3.10. The number of H-pyrrole nitrogens is 2. The van der Waals surface area contributed by atoms with Crippen LogP contribution in [0.4, 0.5) is 0 Å². The molecular formula is C18H15ClN4S. The lowest BCUT2D eigenvalue weighted by Crippen LogP contribution is -2.00. The van der Waals surface area contributed by atoms with Crippen LogP contribution in [0.3, 0.4) is 0 Å². The van der Waals surface area contributed by atoms with E-state index in [4.69, 9.17) is 23.8 Å². The third-order valence-electron chi connectivity index (χ3n) is 4.09. The van der Waals surface area contributed by atoms with Crippen LogP contribution in [0.2, 0.25) is 5.02 Å². The van der Waals surface area contributed by atoms with Crippen LogP contribution in [-0.2, 0) is 0 Å². The van der Waals surface area contributed by atoms with E-state index in [-0.39, 0.29) is 0 Å². The third kappa shape index (κ3) is 2.46. The molecule has 2 aromatic carbocycles. The predicted octanol–water partition coefficient (Wildman–Crippen LogP) is 5.35. The molecule has 2 N–H and O–H groups in total. The maximum Gasteiger partial charge on any atom is 0.200 e. The summed E-state index contributed by atoms with van der Waals surface area (Å²) in [5, 5.41) is 9.08. The number of aromatic amines is 2. The molecule has 120 valence electrons. The molecule has 0 fully saturated rings. The second-order valence-corrected chi connectivity index (χ2v) is 6.72.